The molecule has 1 aliphatic rings. The zero-order chi connectivity index (χ0) is 20.8. The molecule has 0 N–H and O–H groups in total. The average molecular weight is 424 g/mol. The smallest absolute Gasteiger partial charge is 0.190 e. The number of methoxy groups -OCH3 is 1. The summed E-state index contributed by atoms with van der Waals surface area (Å²) in [4.78, 5) is 8.45. The Bertz CT molecular complexity index is 1020. The van der Waals surface area contributed by atoms with Gasteiger partial charge in [-0.05, 0) is 31.0 Å². The number of ether oxygens (including phenoxy) is 2. The van der Waals surface area contributed by atoms with Gasteiger partial charge in [-0.3, -0.25) is 4.90 Å². The van der Waals surface area contributed by atoms with Crippen molar-refractivity contribution < 1.29 is 9.47 Å². The highest BCUT2D eigenvalue weighted by atomic mass is 32.1. The lowest BCUT2D eigenvalue weighted by Crippen LogP contribution is -2.37. The minimum absolute atomic E-state index is 0.794. The molecular weight excluding hydrogens is 394 g/mol. The number of thiazole rings is 1. The fourth-order valence-corrected chi connectivity index (χ4v) is 4.64. The number of aryl methyl sites for hydroxylation is 1. The third-order valence-electron chi connectivity index (χ3n) is 5.41. The van der Waals surface area contributed by atoms with E-state index < -0.39 is 0 Å². The molecular formula is C24H29N3O2S. The van der Waals surface area contributed by atoms with Crippen LogP contribution >= 0.6 is 11.3 Å². The van der Waals surface area contributed by atoms with Crippen LogP contribution in [0, 0.1) is 6.92 Å². The maximum atomic E-state index is 5.51. The van der Waals surface area contributed by atoms with E-state index in [0.29, 0.717) is 0 Å². The quantitative estimate of drug-likeness (QED) is 0.562. The van der Waals surface area contributed by atoms with Gasteiger partial charge in [0.1, 0.15) is 11.4 Å². The molecule has 5 nitrogen and oxygen atoms in total. The SMILES string of the molecule is COc1ccccc1N=c1scc(-c2ccc(C)cc2)n1CCCN1CCOCC1. The second kappa shape index (κ2) is 10.1. The summed E-state index contributed by atoms with van der Waals surface area (Å²) in [6.07, 6.45) is 1.08. The number of rotatable bonds is 7. The lowest BCUT2D eigenvalue weighted by molar-refractivity contribution is 0.0369. The van der Waals surface area contributed by atoms with E-state index in [-0.39, 0.29) is 0 Å². The Balaban J connectivity index is 1.65. The standard InChI is InChI=1S/C24H29N3O2S/c1-19-8-10-20(11-9-19)22-18-30-24(25-21-6-3-4-7-23(21)28-2)27(22)13-5-12-26-14-16-29-17-15-26/h3-4,6-11,18H,5,12-17H2,1-2H3. The van der Waals surface area contributed by atoms with Crippen LogP contribution in [0.4, 0.5) is 5.69 Å². The van der Waals surface area contributed by atoms with Crippen molar-refractivity contribution in [3.8, 4) is 17.0 Å². The molecule has 0 bridgehead atoms. The van der Waals surface area contributed by atoms with Gasteiger partial charge in [-0.15, -0.1) is 11.3 Å². The van der Waals surface area contributed by atoms with Gasteiger partial charge < -0.3 is 14.0 Å². The Morgan fingerprint density at radius 3 is 2.57 bits per heavy atom. The Morgan fingerprint density at radius 1 is 1.03 bits per heavy atom. The first-order valence-corrected chi connectivity index (χ1v) is 11.4. The number of hydrogen-bond acceptors (Lipinski definition) is 5. The Kier molecular flexibility index (Phi) is 7.00. The molecule has 158 valence electrons. The van der Waals surface area contributed by atoms with Crippen LogP contribution in [-0.2, 0) is 11.3 Å². The molecule has 0 saturated carbocycles. The van der Waals surface area contributed by atoms with Gasteiger partial charge in [-0.2, -0.15) is 0 Å². The lowest BCUT2D eigenvalue weighted by atomic mass is 10.1. The van der Waals surface area contributed by atoms with Crippen molar-refractivity contribution in [1.82, 2.24) is 9.47 Å². The van der Waals surface area contributed by atoms with Crippen molar-refractivity contribution in [3.05, 3.63) is 64.3 Å². The predicted octanol–water partition coefficient (Wildman–Crippen LogP) is 4.49. The third kappa shape index (κ3) is 5.01. The van der Waals surface area contributed by atoms with E-state index in [2.05, 4.69) is 46.0 Å². The van der Waals surface area contributed by atoms with E-state index in [9.17, 15) is 0 Å². The maximum absolute atomic E-state index is 5.51. The summed E-state index contributed by atoms with van der Waals surface area (Å²) in [5.74, 6) is 0.794. The molecule has 0 unspecified atom stereocenters. The second-order valence-electron chi connectivity index (χ2n) is 7.51. The molecule has 0 amide bonds. The Morgan fingerprint density at radius 2 is 1.80 bits per heavy atom. The lowest BCUT2D eigenvalue weighted by Gasteiger charge is -2.26. The number of morpholine rings is 1. The molecule has 3 aromatic rings. The van der Waals surface area contributed by atoms with Gasteiger partial charge in [-0.1, -0.05) is 42.0 Å². The number of hydrogen-bond donors (Lipinski definition) is 0. The van der Waals surface area contributed by atoms with Crippen LogP contribution in [0.1, 0.15) is 12.0 Å². The molecule has 1 saturated heterocycles. The molecule has 6 heteroatoms. The van der Waals surface area contributed by atoms with E-state index in [0.717, 1.165) is 62.1 Å². The summed E-state index contributed by atoms with van der Waals surface area (Å²) in [5, 5.41) is 2.22. The molecule has 0 atom stereocenters. The summed E-state index contributed by atoms with van der Waals surface area (Å²) in [5.41, 5.74) is 4.58. The average Bonchev–Trinajstić information content (AvgIpc) is 3.18. The van der Waals surface area contributed by atoms with E-state index in [1.54, 1.807) is 18.4 Å². The normalized spacial score (nSPS) is 15.5. The van der Waals surface area contributed by atoms with E-state index >= 15 is 0 Å². The molecule has 0 radical (unpaired) electrons. The molecule has 2 aromatic carbocycles. The highest BCUT2D eigenvalue weighted by molar-refractivity contribution is 7.07. The van der Waals surface area contributed by atoms with Gasteiger partial charge in [0.05, 0.1) is 26.0 Å². The van der Waals surface area contributed by atoms with Gasteiger partial charge >= 0.3 is 0 Å². The van der Waals surface area contributed by atoms with Crippen LogP contribution in [0.25, 0.3) is 11.3 Å². The molecule has 4 rings (SSSR count). The second-order valence-corrected chi connectivity index (χ2v) is 8.35. The van der Waals surface area contributed by atoms with Crippen LogP contribution in [0.5, 0.6) is 5.75 Å². The molecule has 1 aliphatic heterocycles. The number of para-hydroxylation sites is 2. The first kappa shape index (κ1) is 20.8. The highest BCUT2D eigenvalue weighted by Gasteiger charge is 2.12. The van der Waals surface area contributed by atoms with Crippen molar-refractivity contribution in [1.29, 1.82) is 0 Å². The van der Waals surface area contributed by atoms with Gasteiger partial charge in [-0.25, -0.2) is 4.99 Å². The van der Waals surface area contributed by atoms with E-state index in [1.807, 2.05) is 24.3 Å². The van der Waals surface area contributed by atoms with Crippen molar-refractivity contribution >= 4 is 17.0 Å². The molecule has 30 heavy (non-hydrogen) atoms. The fourth-order valence-electron chi connectivity index (χ4n) is 3.69. The Hall–Kier alpha value is -2.41. The van der Waals surface area contributed by atoms with Crippen molar-refractivity contribution in [2.75, 3.05) is 40.0 Å². The molecule has 2 heterocycles. The van der Waals surface area contributed by atoms with Crippen LogP contribution in [0.2, 0.25) is 0 Å². The van der Waals surface area contributed by atoms with Crippen LogP contribution in [-0.4, -0.2) is 49.4 Å². The zero-order valence-corrected chi connectivity index (χ0v) is 18.5. The van der Waals surface area contributed by atoms with Crippen molar-refractivity contribution in [3.63, 3.8) is 0 Å². The van der Waals surface area contributed by atoms with E-state index in [4.69, 9.17) is 14.5 Å². The maximum Gasteiger partial charge on any atom is 0.190 e. The molecule has 0 spiro atoms. The van der Waals surface area contributed by atoms with Crippen molar-refractivity contribution in [2.24, 2.45) is 4.99 Å². The van der Waals surface area contributed by atoms with E-state index in [1.165, 1.54) is 16.8 Å². The topological polar surface area (TPSA) is 39.0 Å². The Labute approximate surface area is 182 Å². The molecule has 1 fully saturated rings. The minimum Gasteiger partial charge on any atom is -0.494 e. The van der Waals surface area contributed by atoms with Crippen LogP contribution in [0.3, 0.4) is 0 Å². The fraction of sp³-hybridized carbons (Fsp3) is 0.375. The van der Waals surface area contributed by atoms with Gasteiger partial charge in [0.2, 0.25) is 0 Å². The van der Waals surface area contributed by atoms with Crippen molar-refractivity contribution in [2.45, 2.75) is 19.9 Å². The summed E-state index contributed by atoms with van der Waals surface area (Å²) in [6.45, 7) is 7.86. The summed E-state index contributed by atoms with van der Waals surface area (Å²) >= 11 is 1.68. The number of nitrogens with zero attached hydrogens (tertiary/aromatic N) is 3. The van der Waals surface area contributed by atoms with Crippen LogP contribution in [0.15, 0.2) is 58.9 Å². The number of aromatic nitrogens is 1. The third-order valence-corrected chi connectivity index (χ3v) is 6.27. The largest absolute Gasteiger partial charge is 0.494 e. The number of benzene rings is 2. The first-order valence-electron chi connectivity index (χ1n) is 10.5. The molecule has 1 aromatic heterocycles. The van der Waals surface area contributed by atoms with Crippen LogP contribution < -0.4 is 9.54 Å². The van der Waals surface area contributed by atoms with Gasteiger partial charge in [0.15, 0.2) is 4.80 Å². The van der Waals surface area contributed by atoms with Gasteiger partial charge in [0.25, 0.3) is 0 Å². The summed E-state index contributed by atoms with van der Waals surface area (Å²) < 4.78 is 13.3. The summed E-state index contributed by atoms with van der Waals surface area (Å²) in [7, 11) is 1.69. The van der Waals surface area contributed by atoms with Gasteiger partial charge in [0, 0.05) is 31.6 Å². The molecule has 0 aliphatic carbocycles. The minimum atomic E-state index is 0.794. The monoisotopic (exact) mass is 423 g/mol. The first-order chi connectivity index (χ1) is 14.7. The highest BCUT2D eigenvalue weighted by Crippen LogP contribution is 2.27. The predicted molar refractivity (Wildman–Crippen MR) is 123 cm³/mol. The zero-order valence-electron chi connectivity index (χ0n) is 17.7. The summed E-state index contributed by atoms with van der Waals surface area (Å²) in [6, 6.07) is 16.7.